The fourth-order valence-electron chi connectivity index (χ4n) is 1.53. The molecular weight excluding hydrogens is 230 g/mol. The molecule has 0 amide bonds. The Morgan fingerprint density at radius 3 is 2.65 bits per heavy atom. The van der Waals surface area contributed by atoms with Crippen molar-refractivity contribution >= 4 is 11.8 Å². The number of aliphatic hydroxyl groups excluding tert-OH is 1. The number of hydrogen-bond donors (Lipinski definition) is 1. The molecule has 0 saturated carbocycles. The van der Waals surface area contributed by atoms with Gasteiger partial charge in [-0.1, -0.05) is 30.3 Å². The maximum absolute atomic E-state index is 9.07. The van der Waals surface area contributed by atoms with Gasteiger partial charge in [0.15, 0.2) is 0 Å². The highest BCUT2D eigenvalue weighted by molar-refractivity contribution is 7.98. The van der Waals surface area contributed by atoms with Crippen molar-refractivity contribution in [2.45, 2.75) is 24.3 Å². The van der Waals surface area contributed by atoms with E-state index in [4.69, 9.17) is 5.11 Å². The zero-order valence-electron chi connectivity index (χ0n) is 9.76. The molecule has 0 spiro atoms. The normalized spacial score (nSPS) is 10.5. The van der Waals surface area contributed by atoms with Crippen molar-refractivity contribution in [3.05, 3.63) is 59.3 Å². The van der Waals surface area contributed by atoms with Crippen molar-refractivity contribution in [3.63, 3.8) is 0 Å². The van der Waals surface area contributed by atoms with Crippen LogP contribution in [0.5, 0.6) is 0 Å². The molecule has 1 N–H and O–H groups in total. The summed E-state index contributed by atoms with van der Waals surface area (Å²) in [6.45, 7) is 2.06. The molecule has 2 rings (SSSR count). The molecule has 3 heteroatoms. The largest absolute Gasteiger partial charge is 0.392 e. The summed E-state index contributed by atoms with van der Waals surface area (Å²) in [5, 5.41) is 10.1. The van der Waals surface area contributed by atoms with E-state index in [2.05, 4.69) is 17.1 Å². The Morgan fingerprint density at radius 1 is 1.24 bits per heavy atom. The second kappa shape index (κ2) is 5.84. The average molecular weight is 245 g/mol. The fourth-order valence-corrected chi connectivity index (χ4v) is 2.43. The minimum atomic E-state index is 0.0580. The van der Waals surface area contributed by atoms with E-state index in [0.717, 1.165) is 21.9 Å². The van der Waals surface area contributed by atoms with E-state index < -0.39 is 0 Å². The predicted molar refractivity (Wildman–Crippen MR) is 70.9 cm³/mol. The standard InChI is InChI=1S/C14H15NOS/c1-11-7-14(15-8-13(11)9-16)17-10-12-5-3-2-4-6-12/h2-8,16H,9-10H2,1H3. The first-order valence-electron chi connectivity index (χ1n) is 5.52. The molecule has 17 heavy (non-hydrogen) atoms. The third-order valence-corrected chi connectivity index (χ3v) is 3.59. The molecule has 2 nitrogen and oxygen atoms in total. The molecule has 0 saturated heterocycles. The Hall–Kier alpha value is -1.32. The maximum atomic E-state index is 9.07. The molecule has 1 aromatic carbocycles. The summed E-state index contributed by atoms with van der Waals surface area (Å²) in [5.74, 6) is 0.922. The molecule has 0 atom stereocenters. The van der Waals surface area contributed by atoms with E-state index in [9.17, 15) is 0 Å². The van der Waals surface area contributed by atoms with Crippen molar-refractivity contribution in [2.24, 2.45) is 0 Å². The van der Waals surface area contributed by atoms with Gasteiger partial charge in [-0.3, -0.25) is 0 Å². The van der Waals surface area contributed by atoms with Crippen molar-refractivity contribution < 1.29 is 5.11 Å². The first kappa shape index (κ1) is 12.1. The van der Waals surface area contributed by atoms with Gasteiger partial charge >= 0.3 is 0 Å². The highest BCUT2D eigenvalue weighted by Gasteiger charge is 2.01. The second-order valence-corrected chi connectivity index (χ2v) is 4.88. The lowest BCUT2D eigenvalue weighted by Crippen LogP contribution is -1.92. The van der Waals surface area contributed by atoms with Crippen LogP contribution in [-0.2, 0) is 12.4 Å². The topological polar surface area (TPSA) is 33.1 Å². The van der Waals surface area contributed by atoms with Crippen LogP contribution in [-0.4, -0.2) is 10.1 Å². The van der Waals surface area contributed by atoms with Gasteiger partial charge < -0.3 is 5.11 Å². The van der Waals surface area contributed by atoms with Crippen molar-refractivity contribution in [3.8, 4) is 0 Å². The molecule has 1 heterocycles. The second-order valence-electron chi connectivity index (χ2n) is 3.88. The Balaban J connectivity index is 2.02. The van der Waals surface area contributed by atoms with Crippen LogP contribution in [0.2, 0.25) is 0 Å². The zero-order valence-corrected chi connectivity index (χ0v) is 10.6. The van der Waals surface area contributed by atoms with Gasteiger partial charge in [0.25, 0.3) is 0 Å². The lowest BCUT2D eigenvalue weighted by atomic mass is 10.2. The summed E-state index contributed by atoms with van der Waals surface area (Å²) in [4.78, 5) is 4.33. The lowest BCUT2D eigenvalue weighted by molar-refractivity contribution is 0.280. The van der Waals surface area contributed by atoms with Gasteiger partial charge in [0.1, 0.15) is 0 Å². The minimum Gasteiger partial charge on any atom is -0.392 e. The Kier molecular flexibility index (Phi) is 4.18. The summed E-state index contributed by atoms with van der Waals surface area (Å²) in [7, 11) is 0. The number of thioether (sulfide) groups is 1. The number of hydrogen-bond acceptors (Lipinski definition) is 3. The molecule has 0 aliphatic heterocycles. The summed E-state index contributed by atoms with van der Waals surface area (Å²) in [6, 6.07) is 12.4. The van der Waals surface area contributed by atoms with Crippen molar-refractivity contribution in [1.29, 1.82) is 0 Å². The molecule has 2 aromatic rings. The van der Waals surface area contributed by atoms with Crippen LogP contribution >= 0.6 is 11.8 Å². The number of pyridine rings is 1. The fraction of sp³-hybridized carbons (Fsp3) is 0.214. The first-order valence-corrected chi connectivity index (χ1v) is 6.51. The Bertz CT molecular complexity index is 485. The number of nitrogens with zero attached hydrogens (tertiary/aromatic N) is 1. The van der Waals surface area contributed by atoms with Crippen LogP contribution in [0.3, 0.4) is 0 Å². The van der Waals surface area contributed by atoms with Gasteiger partial charge in [-0.2, -0.15) is 0 Å². The summed E-state index contributed by atoms with van der Waals surface area (Å²) >= 11 is 1.71. The zero-order chi connectivity index (χ0) is 12.1. The minimum absolute atomic E-state index is 0.0580. The van der Waals surface area contributed by atoms with Gasteiger partial charge in [-0.15, -0.1) is 11.8 Å². The van der Waals surface area contributed by atoms with Gasteiger partial charge in [0.2, 0.25) is 0 Å². The molecular formula is C14H15NOS. The SMILES string of the molecule is Cc1cc(SCc2ccccc2)ncc1CO. The van der Waals surface area contributed by atoms with E-state index in [0.29, 0.717) is 0 Å². The third kappa shape index (κ3) is 3.32. The van der Waals surface area contributed by atoms with Crippen LogP contribution in [0.4, 0.5) is 0 Å². The number of rotatable bonds is 4. The lowest BCUT2D eigenvalue weighted by Gasteiger charge is -2.05. The number of aryl methyl sites for hydroxylation is 1. The van der Waals surface area contributed by atoms with E-state index in [1.165, 1.54) is 5.56 Å². The average Bonchev–Trinajstić information content (AvgIpc) is 2.38. The van der Waals surface area contributed by atoms with Gasteiger partial charge in [0, 0.05) is 11.9 Å². The Morgan fingerprint density at radius 2 is 2.00 bits per heavy atom. The Labute approximate surface area is 106 Å². The predicted octanol–water partition coefficient (Wildman–Crippen LogP) is 3.17. The summed E-state index contributed by atoms with van der Waals surface area (Å²) in [5.41, 5.74) is 3.29. The number of aliphatic hydroxyl groups is 1. The highest BCUT2D eigenvalue weighted by Crippen LogP contribution is 2.22. The molecule has 0 aliphatic rings. The highest BCUT2D eigenvalue weighted by atomic mass is 32.2. The van der Waals surface area contributed by atoms with E-state index in [1.54, 1.807) is 18.0 Å². The van der Waals surface area contributed by atoms with Crippen LogP contribution < -0.4 is 0 Å². The van der Waals surface area contributed by atoms with E-state index >= 15 is 0 Å². The molecule has 0 fully saturated rings. The molecule has 0 unspecified atom stereocenters. The van der Waals surface area contributed by atoms with E-state index in [1.807, 2.05) is 31.2 Å². The van der Waals surface area contributed by atoms with Crippen LogP contribution in [0.1, 0.15) is 16.7 Å². The summed E-state index contributed by atoms with van der Waals surface area (Å²) < 4.78 is 0. The molecule has 88 valence electrons. The smallest absolute Gasteiger partial charge is 0.0965 e. The molecule has 0 radical (unpaired) electrons. The van der Waals surface area contributed by atoms with Crippen LogP contribution in [0.25, 0.3) is 0 Å². The van der Waals surface area contributed by atoms with E-state index in [-0.39, 0.29) is 6.61 Å². The van der Waals surface area contributed by atoms with Crippen molar-refractivity contribution in [1.82, 2.24) is 4.98 Å². The third-order valence-electron chi connectivity index (χ3n) is 2.59. The van der Waals surface area contributed by atoms with Gasteiger partial charge in [-0.25, -0.2) is 4.98 Å². The summed E-state index contributed by atoms with van der Waals surface area (Å²) in [6.07, 6.45) is 1.75. The van der Waals surface area contributed by atoms with Crippen molar-refractivity contribution in [2.75, 3.05) is 0 Å². The van der Waals surface area contributed by atoms with Crippen LogP contribution in [0.15, 0.2) is 47.6 Å². The van der Waals surface area contributed by atoms with Gasteiger partial charge in [0.05, 0.1) is 11.6 Å². The molecule has 0 aliphatic carbocycles. The van der Waals surface area contributed by atoms with Crippen LogP contribution in [0, 0.1) is 6.92 Å². The monoisotopic (exact) mass is 245 g/mol. The number of aromatic nitrogens is 1. The maximum Gasteiger partial charge on any atom is 0.0965 e. The molecule has 0 bridgehead atoms. The number of benzene rings is 1. The van der Waals surface area contributed by atoms with Gasteiger partial charge in [-0.05, 0) is 29.7 Å². The molecule has 1 aromatic heterocycles. The first-order chi connectivity index (χ1) is 8.29. The quantitative estimate of drug-likeness (QED) is 0.840.